The standard InChI is InChI=1S/C11H16N6O/c1-8-13-3-9(16-8)4-14-10-5-15-17(6-10)7-11(18)12-2/h3,5-6,14H,4,7H2,1-2H3,(H,12,18)(H,13,16). The number of aryl methyl sites for hydroxylation is 1. The van der Waals surface area contributed by atoms with Crippen molar-refractivity contribution in [2.75, 3.05) is 12.4 Å². The lowest BCUT2D eigenvalue weighted by Crippen LogP contribution is -2.23. The number of aromatic amines is 1. The number of carbonyl (C=O) groups is 1. The third-order valence-electron chi connectivity index (χ3n) is 2.46. The summed E-state index contributed by atoms with van der Waals surface area (Å²) >= 11 is 0. The van der Waals surface area contributed by atoms with Crippen LogP contribution in [0.4, 0.5) is 5.69 Å². The first kappa shape index (κ1) is 12.2. The number of amides is 1. The number of nitrogens with one attached hydrogen (secondary N) is 3. The van der Waals surface area contributed by atoms with Crippen molar-refractivity contribution in [2.45, 2.75) is 20.0 Å². The number of hydrogen-bond acceptors (Lipinski definition) is 4. The summed E-state index contributed by atoms with van der Waals surface area (Å²) in [5.74, 6) is 0.816. The van der Waals surface area contributed by atoms with Gasteiger partial charge < -0.3 is 15.6 Å². The Morgan fingerprint density at radius 2 is 2.33 bits per heavy atom. The van der Waals surface area contributed by atoms with Crippen molar-refractivity contribution in [3.05, 3.63) is 30.1 Å². The van der Waals surface area contributed by atoms with Gasteiger partial charge in [0.1, 0.15) is 12.4 Å². The molecule has 2 rings (SSSR count). The molecule has 7 heteroatoms. The number of rotatable bonds is 5. The maximum atomic E-state index is 11.2. The molecule has 0 bridgehead atoms. The Morgan fingerprint density at radius 3 is 3.00 bits per heavy atom. The minimum absolute atomic E-state index is 0.0751. The summed E-state index contributed by atoms with van der Waals surface area (Å²) in [7, 11) is 1.60. The van der Waals surface area contributed by atoms with E-state index in [0.29, 0.717) is 6.54 Å². The number of hydrogen-bond donors (Lipinski definition) is 3. The highest BCUT2D eigenvalue weighted by atomic mass is 16.1. The Hall–Kier alpha value is -2.31. The summed E-state index contributed by atoms with van der Waals surface area (Å²) in [5.41, 5.74) is 1.87. The minimum atomic E-state index is -0.0751. The summed E-state index contributed by atoms with van der Waals surface area (Å²) in [5, 5.41) is 9.84. The van der Waals surface area contributed by atoms with Crippen molar-refractivity contribution in [3.8, 4) is 0 Å². The van der Waals surface area contributed by atoms with Crippen molar-refractivity contribution in [2.24, 2.45) is 0 Å². The van der Waals surface area contributed by atoms with Crippen LogP contribution in [0.5, 0.6) is 0 Å². The van der Waals surface area contributed by atoms with Gasteiger partial charge in [-0.3, -0.25) is 9.48 Å². The summed E-state index contributed by atoms with van der Waals surface area (Å²) in [4.78, 5) is 18.4. The maximum absolute atomic E-state index is 11.2. The molecule has 96 valence electrons. The van der Waals surface area contributed by atoms with Crippen molar-refractivity contribution in [1.82, 2.24) is 25.1 Å². The van der Waals surface area contributed by atoms with Crippen LogP contribution < -0.4 is 10.6 Å². The summed E-state index contributed by atoms with van der Waals surface area (Å²) in [6.07, 6.45) is 5.27. The van der Waals surface area contributed by atoms with Crippen LogP contribution in [0, 0.1) is 6.92 Å². The highest BCUT2D eigenvalue weighted by Crippen LogP contribution is 2.07. The molecular weight excluding hydrogens is 232 g/mol. The molecule has 18 heavy (non-hydrogen) atoms. The maximum Gasteiger partial charge on any atom is 0.241 e. The molecule has 2 heterocycles. The molecule has 0 saturated heterocycles. The molecule has 2 aromatic heterocycles. The smallest absolute Gasteiger partial charge is 0.241 e. The zero-order valence-corrected chi connectivity index (χ0v) is 10.4. The van der Waals surface area contributed by atoms with E-state index in [1.54, 1.807) is 30.3 Å². The van der Waals surface area contributed by atoms with Crippen LogP contribution in [0.3, 0.4) is 0 Å². The molecule has 3 N–H and O–H groups in total. The molecule has 2 aromatic rings. The molecule has 0 spiro atoms. The summed E-state index contributed by atoms with van der Waals surface area (Å²) < 4.78 is 1.58. The average molecular weight is 248 g/mol. The van der Waals surface area contributed by atoms with Gasteiger partial charge in [0.25, 0.3) is 0 Å². The SMILES string of the molecule is CNC(=O)Cn1cc(NCc2cnc(C)[nH]2)cn1. The molecule has 0 aliphatic heterocycles. The van der Waals surface area contributed by atoms with Crippen molar-refractivity contribution < 1.29 is 4.79 Å². The summed E-state index contributed by atoms with van der Waals surface area (Å²) in [6.45, 7) is 2.78. The van der Waals surface area contributed by atoms with E-state index in [1.165, 1.54) is 0 Å². The van der Waals surface area contributed by atoms with Gasteiger partial charge in [0.2, 0.25) is 5.91 Å². The van der Waals surface area contributed by atoms with Gasteiger partial charge in [0.15, 0.2) is 0 Å². The third-order valence-corrected chi connectivity index (χ3v) is 2.46. The van der Waals surface area contributed by atoms with Crippen LogP contribution in [-0.2, 0) is 17.9 Å². The molecule has 0 aromatic carbocycles. The van der Waals surface area contributed by atoms with E-state index in [-0.39, 0.29) is 12.5 Å². The first-order valence-corrected chi connectivity index (χ1v) is 5.65. The second kappa shape index (κ2) is 5.35. The van der Waals surface area contributed by atoms with Gasteiger partial charge in [-0.15, -0.1) is 0 Å². The van der Waals surface area contributed by atoms with Crippen LogP contribution in [0.15, 0.2) is 18.6 Å². The van der Waals surface area contributed by atoms with Gasteiger partial charge >= 0.3 is 0 Å². The average Bonchev–Trinajstić information content (AvgIpc) is 2.96. The zero-order chi connectivity index (χ0) is 13.0. The van der Waals surface area contributed by atoms with E-state index in [9.17, 15) is 4.79 Å². The van der Waals surface area contributed by atoms with Gasteiger partial charge in [-0.1, -0.05) is 0 Å². The lowest BCUT2D eigenvalue weighted by atomic mass is 10.4. The van der Waals surface area contributed by atoms with E-state index in [1.807, 2.05) is 6.92 Å². The topological polar surface area (TPSA) is 87.6 Å². The van der Waals surface area contributed by atoms with Gasteiger partial charge in [-0.05, 0) is 6.92 Å². The van der Waals surface area contributed by atoms with Gasteiger partial charge in [-0.25, -0.2) is 4.98 Å². The molecule has 0 radical (unpaired) electrons. The molecule has 0 aliphatic carbocycles. The van der Waals surface area contributed by atoms with E-state index < -0.39 is 0 Å². The predicted octanol–water partition coefficient (Wildman–Crippen LogP) is 0.273. The van der Waals surface area contributed by atoms with Crippen LogP contribution in [0.1, 0.15) is 11.5 Å². The normalized spacial score (nSPS) is 10.3. The highest BCUT2D eigenvalue weighted by Gasteiger charge is 2.03. The second-order valence-corrected chi connectivity index (χ2v) is 3.95. The van der Waals surface area contributed by atoms with Crippen LogP contribution in [0.2, 0.25) is 0 Å². The van der Waals surface area contributed by atoms with E-state index in [2.05, 4.69) is 25.7 Å². The van der Waals surface area contributed by atoms with E-state index >= 15 is 0 Å². The number of aromatic nitrogens is 4. The van der Waals surface area contributed by atoms with Crippen molar-refractivity contribution >= 4 is 11.6 Å². The van der Waals surface area contributed by atoms with Crippen LogP contribution >= 0.6 is 0 Å². The molecule has 0 aliphatic rings. The fraction of sp³-hybridized carbons (Fsp3) is 0.364. The zero-order valence-electron chi connectivity index (χ0n) is 10.4. The molecule has 0 saturated carbocycles. The molecule has 0 unspecified atom stereocenters. The number of imidazole rings is 1. The van der Waals surface area contributed by atoms with E-state index in [0.717, 1.165) is 17.2 Å². The monoisotopic (exact) mass is 248 g/mol. The van der Waals surface area contributed by atoms with Gasteiger partial charge in [0.05, 0.1) is 30.3 Å². The third kappa shape index (κ3) is 3.09. The van der Waals surface area contributed by atoms with E-state index in [4.69, 9.17) is 0 Å². The Labute approximate surface area is 105 Å². The quantitative estimate of drug-likeness (QED) is 0.709. The minimum Gasteiger partial charge on any atom is -0.377 e. The lowest BCUT2D eigenvalue weighted by molar-refractivity contribution is -0.121. The molecule has 0 atom stereocenters. The predicted molar refractivity (Wildman–Crippen MR) is 66.9 cm³/mol. The number of H-pyrrole nitrogens is 1. The number of anilines is 1. The first-order chi connectivity index (χ1) is 8.67. The fourth-order valence-corrected chi connectivity index (χ4v) is 1.53. The first-order valence-electron chi connectivity index (χ1n) is 5.65. The Morgan fingerprint density at radius 1 is 1.50 bits per heavy atom. The van der Waals surface area contributed by atoms with Crippen molar-refractivity contribution in [1.29, 1.82) is 0 Å². The van der Waals surface area contributed by atoms with Crippen LogP contribution in [-0.4, -0.2) is 32.7 Å². The number of nitrogens with zero attached hydrogens (tertiary/aromatic N) is 3. The molecule has 1 amide bonds. The van der Waals surface area contributed by atoms with Crippen LogP contribution in [0.25, 0.3) is 0 Å². The Kier molecular flexibility index (Phi) is 3.61. The second-order valence-electron chi connectivity index (χ2n) is 3.95. The molecule has 0 fully saturated rings. The van der Waals surface area contributed by atoms with Gasteiger partial charge in [0, 0.05) is 13.2 Å². The Balaban J connectivity index is 1.88. The number of carbonyl (C=O) groups excluding carboxylic acids is 1. The largest absolute Gasteiger partial charge is 0.377 e. The Bertz CT molecular complexity index is 529. The number of likely N-dealkylation sites (N-methyl/N-ethyl adjacent to an activating group) is 1. The van der Waals surface area contributed by atoms with Crippen molar-refractivity contribution in [3.63, 3.8) is 0 Å². The summed E-state index contributed by atoms with van der Waals surface area (Å²) in [6, 6.07) is 0. The lowest BCUT2D eigenvalue weighted by Gasteiger charge is -2.01. The molecular formula is C11H16N6O. The van der Waals surface area contributed by atoms with Gasteiger partial charge in [-0.2, -0.15) is 5.10 Å². The highest BCUT2D eigenvalue weighted by molar-refractivity contribution is 5.75. The molecule has 7 nitrogen and oxygen atoms in total. The fourth-order valence-electron chi connectivity index (χ4n) is 1.53.